The predicted octanol–water partition coefficient (Wildman–Crippen LogP) is 2.78. The summed E-state index contributed by atoms with van der Waals surface area (Å²) in [6.07, 6.45) is 5.70. The topological polar surface area (TPSA) is 45.1 Å². The van der Waals surface area contributed by atoms with Crippen LogP contribution < -0.4 is 5.32 Å². The fourth-order valence-corrected chi connectivity index (χ4v) is 2.27. The molecule has 1 aromatic rings. The third-order valence-corrected chi connectivity index (χ3v) is 3.26. The van der Waals surface area contributed by atoms with Crippen LogP contribution in [0.5, 0.6) is 0 Å². The lowest BCUT2D eigenvalue weighted by Gasteiger charge is -2.22. The Balaban J connectivity index is 2.41. The van der Waals surface area contributed by atoms with E-state index in [2.05, 4.69) is 31.1 Å². The van der Waals surface area contributed by atoms with Crippen molar-refractivity contribution in [1.82, 2.24) is 10.3 Å². The summed E-state index contributed by atoms with van der Waals surface area (Å²) in [5, 5.41) is 12.6. The molecule has 0 fully saturated rings. The molecule has 0 spiro atoms. The van der Waals surface area contributed by atoms with Gasteiger partial charge in [0.2, 0.25) is 0 Å². The Labute approximate surface area is 111 Å². The second-order valence-electron chi connectivity index (χ2n) is 5.42. The van der Waals surface area contributed by atoms with Gasteiger partial charge in [-0.2, -0.15) is 0 Å². The first kappa shape index (κ1) is 15.1. The number of nitrogens with one attached hydrogen (secondary N) is 1. The van der Waals surface area contributed by atoms with E-state index in [4.69, 9.17) is 5.11 Å². The summed E-state index contributed by atoms with van der Waals surface area (Å²) >= 11 is 0. The maximum Gasteiger partial charge on any atom is 0.0434 e. The highest BCUT2D eigenvalue weighted by Gasteiger charge is 2.12. The third kappa shape index (κ3) is 5.61. The number of aliphatic hydroxyl groups excluding tert-OH is 1. The molecule has 1 heterocycles. The van der Waals surface area contributed by atoms with E-state index in [0.29, 0.717) is 17.9 Å². The highest BCUT2D eigenvalue weighted by atomic mass is 16.3. The van der Waals surface area contributed by atoms with Crippen LogP contribution in [0.3, 0.4) is 0 Å². The van der Waals surface area contributed by atoms with Crippen molar-refractivity contribution < 1.29 is 5.11 Å². The minimum absolute atomic E-state index is 0.280. The van der Waals surface area contributed by atoms with Crippen molar-refractivity contribution in [2.24, 2.45) is 11.8 Å². The summed E-state index contributed by atoms with van der Waals surface area (Å²) < 4.78 is 0. The molecule has 0 bridgehead atoms. The molecule has 3 nitrogen and oxygen atoms in total. The van der Waals surface area contributed by atoms with E-state index in [1.165, 1.54) is 5.56 Å². The molecule has 3 heteroatoms. The van der Waals surface area contributed by atoms with Gasteiger partial charge in [-0.05, 0) is 55.8 Å². The maximum atomic E-state index is 9.10. The molecular formula is C15H26N2O. The van der Waals surface area contributed by atoms with Gasteiger partial charge in [0.25, 0.3) is 0 Å². The van der Waals surface area contributed by atoms with Crippen molar-refractivity contribution in [3.05, 3.63) is 30.1 Å². The second kappa shape index (κ2) is 8.22. The predicted molar refractivity (Wildman–Crippen MR) is 75.3 cm³/mol. The minimum atomic E-state index is 0.280. The van der Waals surface area contributed by atoms with E-state index in [9.17, 15) is 0 Å². The summed E-state index contributed by atoms with van der Waals surface area (Å²) in [4.78, 5) is 4.03. The Bertz CT molecular complexity index is 314. The fourth-order valence-electron chi connectivity index (χ4n) is 2.27. The zero-order chi connectivity index (χ0) is 13.4. The summed E-state index contributed by atoms with van der Waals surface area (Å²) in [6, 6.07) is 4.42. The molecule has 0 saturated heterocycles. The Kier molecular flexibility index (Phi) is 6.91. The second-order valence-corrected chi connectivity index (χ2v) is 5.42. The van der Waals surface area contributed by atoms with Crippen LogP contribution >= 0.6 is 0 Å². The van der Waals surface area contributed by atoms with Crippen molar-refractivity contribution in [2.45, 2.75) is 39.7 Å². The monoisotopic (exact) mass is 250 g/mol. The molecule has 1 aromatic heterocycles. The van der Waals surface area contributed by atoms with Gasteiger partial charge in [-0.15, -0.1) is 0 Å². The number of rotatable bonds is 8. The molecule has 2 unspecified atom stereocenters. The molecule has 18 heavy (non-hydrogen) atoms. The van der Waals surface area contributed by atoms with E-state index < -0.39 is 0 Å². The fraction of sp³-hybridized carbons (Fsp3) is 0.667. The zero-order valence-electron chi connectivity index (χ0n) is 11.8. The third-order valence-electron chi connectivity index (χ3n) is 3.26. The van der Waals surface area contributed by atoms with Gasteiger partial charge < -0.3 is 10.4 Å². The van der Waals surface area contributed by atoms with Crippen molar-refractivity contribution >= 4 is 0 Å². The van der Waals surface area contributed by atoms with E-state index in [-0.39, 0.29) is 6.61 Å². The van der Waals surface area contributed by atoms with E-state index in [1.54, 1.807) is 0 Å². The number of nitrogens with zero attached hydrogens (tertiary/aromatic N) is 1. The van der Waals surface area contributed by atoms with Gasteiger partial charge in [-0.3, -0.25) is 4.98 Å². The van der Waals surface area contributed by atoms with Gasteiger partial charge in [0.05, 0.1) is 0 Å². The largest absolute Gasteiger partial charge is 0.396 e. The molecule has 0 aliphatic carbocycles. The van der Waals surface area contributed by atoms with E-state index in [1.807, 2.05) is 24.5 Å². The van der Waals surface area contributed by atoms with Crippen molar-refractivity contribution in [2.75, 3.05) is 13.2 Å². The van der Waals surface area contributed by atoms with Crippen LogP contribution in [0, 0.1) is 11.8 Å². The standard InChI is InChI=1S/C15H26N2O/c1-12(2)10-14(6-9-18)11-17-13(3)15-4-7-16-8-5-15/h4-5,7-8,12-14,17-18H,6,9-11H2,1-3H3. The number of hydrogen-bond acceptors (Lipinski definition) is 3. The lowest BCUT2D eigenvalue weighted by molar-refractivity contribution is 0.237. The van der Waals surface area contributed by atoms with Crippen molar-refractivity contribution in [3.8, 4) is 0 Å². The van der Waals surface area contributed by atoms with Crippen molar-refractivity contribution in [3.63, 3.8) is 0 Å². The van der Waals surface area contributed by atoms with Gasteiger partial charge in [-0.1, -0.05) is 13.8 Å². The molecule has 0 radical (unpaired) electrons. The summed E-state index contributed by atoms with van der Waals surface area (Å²) in [6.45, 7) is 7.87. The number of hydrogen-bond donors (Lipinski definition) is 2. The van der Waals surface area contributed by atoms with Crippen LogP contribution in [-0.4, -0.2) is 23.2 Å². The molecule has 2 atom stereocenters. The summed E-state index contributed by atoms with van der Waals surface area (Å²) in [5.74, 6) is 1.24. The average Bonchev–Trinajstić information content (AvgIpc) is 2.36. The first-order chi connectivity index (χ1) is 8.63. The lowest BCUT2D eigenvalue weighted by atomic mass is 9.94. The molecule has 0 aliphatic rings. The normalized spacial score (nSPS) is 14.7. The van der Waals surface area contributed by atoms with Crippen molar-refractivity contribution in [1.29, 1.82) is 0 Å². The molecule has 0 aromatic carbocycles. The van der Waals surface area contributed by atoms with Crippen LogP contribution in [-0.2, 0) is 0 Å². The van der Waals surface area contributed by atoms with Gasteiger partial charge in [0.15, 0.2) is 0 Å². The van der Waals surface area contributed by atoms with Gasteiger partial charge >= 0.3 is 0 Å². The molecule has 0 amide bonds. The Hall–Kier alpha value is -0.930. The van der Waals surface area contributed by atoms with Crippen LogP contribution in [0.4, 0.5) is 0 Å². The Morgan fingerprint density at radius 3 is 2.44 bits per heavy atom. The quantitative estimate of drug-likeness (QED) is 0.745. The first-order valence-electron chi connectivity index (χ1n) is 6.87. The number of aromatic nitrogens is 1. The first-order valence-corrected chi connectivity index (χ1v) is 6.87. The van der Waals surface area contributed by atoms with Gasteiger partial charge in [-0.25, -0.2) is 0 Å². The average molecular weight is 250 g/mol. The molecular weight excluding hydrogens is 224 g/mol. The summed E-state index contributed by atoms with van der Waals surface area (Å²) in [7, 11) is 0. The van der Waals surface area contributed by atoms with E-state index in [0.717, 1.165) is 19.4 Å². The van der Waals surface area contributed by atoms with Crippen LogP contribution in [0.15, 0.2) is 24.5 Å². The Morgan fingerprint density at radius 1 is 1.22 bits per heavy atom. The van der Waals surface area contributed by atoms with Gasteiger partial charge in [0.1, 0.15) is 0 Å². The number of pyridine rings is 1. The van der Waals surface area contributed by atoms with Crippen LogP contribution in [0.1, 0.15) is 45.2 Å². The van der Waals surface area contributed by atoms with Gasteiger partial charge in [0, 0.05) is 25.0 Å². The van der Waals surface area contributed by atoms with E-state index >= 15 is 0 Å². The zero-order valence-corrected chi connectivity index (χ0v) is 11.8. The molecule has 0 saturated carbocycles. The maximum absolute atomic E-state index is 9.10. The lowest BCUT2D eigenvalue weighted by Crippen LogP contribution is -2.27. The molecule has 1 rings (SSSR count). The summed E-state index contributed by atoms with van der Waals surface area (Å²) in [5.41, 5.74) is 1.26. The SMILES string of the molecule is CC(C)CC(CCO)CNC(C)c1ccncc1. The number of aliphatic hydroxyl groups is 1. The molecule has 2 N–H and O–H groups in total. The Morgan fingerprint density at radius 2 is 1.89 bits per heavy atom. The van der Waals surface area contributed by atoms with Crippen LogP contribution in [0.2, 0.25) is 0 Å². The highest BCUT2D eigenvalue weighted by Crippen LogP contribution is 2.16. The molecule has 0 aliphatic heterocycles. The highest BCUT2D eigenvalue weighted by molar-refractivity contribution is 5.13. The molecule has 102 valence electrons. The smallest absolute Gasteiger partial charge is 0.0434 e. The minimum Gasteiger partial charge on any atom is -0.396 e. The van der Waals surface area contributed by atoms with Crippen LogP contribution in [0.25, 0.3) is 0 Å².